The molecule has 24 heavy (non-hydrogen) atoms. The predicted octanol–water partition coefficient (Wildman–Crippen LogP) is 0.975. The van der Waals surface area contributed by atoms with Gasteiger partial charge in [-0.1, -0.05) is 30.3 Å². The van der Waals surface area contributed by atoms with Gasteiger partial charge >= 0.3 is 0 Å². The molecule has 1 aromatic carbocycles. The number of aliphatic hydroxyl groups excluding tert-OH is 1. The molecule has 6 nitrogen and oxygen atoms in total. The molecular weight excluding hydrogens is 304 g/mol. The number of hydrogen-bond donors (Lipinski definition) is 2. The Hall–Kier alpha value is -2.18. The number of nitrogens with one attached hydrogen (secondary N) is 1. The number of carbonyl (C=O) groups excluding carboxylic acids is 1. The molecular formula is C18H24N4O2. The third kappa shape index (κ3) is 3.34. The second-order valence-electron chi connectivity index (χ2n) is 6.25. The Morgan fingerprint density at radius 2 is 2.12 bits per heavy atom. The molecule has 0 radical (unpaired) electrons. The van der Waals surface area contributed by atoms with Crippen molar-refractivity contribution >= 4 is 5.91 Å². The van der Waals surface area contributed by atoms with Gasteiger partial charge in [-0.3, -0.25) is 14.4 Å². The fourth-order valence-corrected chi connectivity index (χ4v) is 3.25. The number of aliphatic hydroxyl groups is 1. The number of aromatic nitrogens is 2. The van der Waals surface area contributed by atoms with Crippen LogP contribution >= 0.6 is 0 Å². The Bertz CT molecular complexity index is 711. The zero-order valence-electron chi connectivity index (χ0n) is 14.2. The summed E-state index contributed by atoms with van der Waals surface area (Å²) in [5, 5.41) is 16.8. The van der Waals surface area contributed by atoms with Gasteiger partial charge in [0.25, 0.3) is 0 Å². The average molecular weight is 328 g/mol. The van der Waals surface area contributed by atoms with E-state index in [4.69, 9.17) is 0 Å². The zero-order valence-corrected chi connectivity index (χ0v) is 14.2. The van der Waals surface area contributed by atoms with Crippen LogP contribution in [0.1, 0.15) is 29.4 Å². The summed E-state index contributed by atoms with van der Waals surface area (Å²) in [5.41, 5.74) is 4.03. The second-order valence-corrected chi connectivity index (χ2v) is 6.25. The molecule has 2 N–H and O–H groups in total. The van der Waals surface area contributed by atoms with E-state index in [0.29, 0.717) is 18.8 Å². The van der Waals surface area contributed by atoms with Crippen molar-refractivity contribution in [3.05, 3.63) is 52.8 Å². The number of nitrogens with zero attached hydrogens (tertiary/aromatic N) is 3. The van der Waals surface area contributed by atoms with Crippen LogP contribution in [0.4, 0.5) is 0 Å². The minimum absolute atomic E-state index is 0.0248. The Kier molecular flexibility index (Phi) is 4.97. The molecule has 0 aliphatic carbocycles. The number of benzene rings is 1. The quantitative estimate of drug-likeness (QED) is 0.858. The van der Waals surface area contributed by atoms with Crippen molar-refractivity contribution in [3.8, 4) is 0 Å². The van der Waals surface area contributed by atoms with Crippen molar-refractivity contribution in [2.45, 2.75) is 39.1 Å². The van der Waals surface area contributed by atoms with Crippen LogP contribution in [-0.2, 0) is 38.0 Å². The van der Waals surface area contributed by atoms with Crippen molar-refractivity contribution in [2.75, 3.05) is 6.54 Å². The van der Waals surface area contributed by atoms with E-state index in [0.717, 1.165) is 29.8 Å². The molecule has 6 heteroatoms. The highest BCUT2D eigenvalue weighted by molar-refractivity contribution is 5.81. The summed E-state index contributed by atoms with van der Waals surface area (Å²) in [7, 11) is 1.91. The Morgan fingerprint density at radius 1 is 1.38 bits per heavy atom. The van der Waals surface area contributed by atoms with Crippen molar-refractivity contribution in [1.82, 2.24) is 20.0 Å². The first kappa shape index (κ1) is 16.7. The lowest BCUT2D eigenvalue weighted by atomic mass is 10.0. The fraction of sp³-hybridized carbons (Fsp3) is 0.444. The number of aryl methyl sites for hydroxylation is 1. The third-order valence-corrected chi connectivity index (χ3v) is 4.74. The van der Waals surface area contributed by atoms with Crippen molar-refractivity contribution in [2.24, 2.45) is 7.05 Å². The van der Waals surface area contributed by atoms with Crippen LogP contribution in [0.15, 0.2) is 30.3 Å². The maximum Gasteiger partial charge on any atom is 0.237 e. The summed E-state index contributed by atoms with van der Waals surface area (Å²) in [4.78, 5) is 14.6. The summed E-state index contributed by atoms with van der Waals surface area (Å²) in [6.45, 7) is 3.88. The normalized spacial score (nSPS) is 15.8. The molecule has 1 aliphatic rings. The number of fused-ring (bicyclic) bond motifs is 1. The van der Waals surface area contributed by atoms with Crippen LogP contribution in [0.5, 0.6) is 0 Å². The highest BCUT2D eigenvalue weighted by Gasteiger charge is 2.29. The first-order valence-electron chi connectivity index (χ1n) is 8.30. The minimum Gasteiger partial charge on any atom is -0.390 e. The lowest BCUT2D eigenvalue weighted by molar-refractivity contribution is -0.126. The number of carbonyl (C=O) groups is 1. The third-order valence-electron chi connectivity index (χ3n) is 4.74. The molecule has 1 atom stereocenters. The van der Waals surface area contributed by atoms with Gasteiger partial charge in [0, 0.05) is 44.4 Å². The van der Waals surface area contributed by atoms with Crippen LogP contribution in [0.3, 0.4) is 0 Å². The Balaban J connectivity index is 1.63. The first-order chi connectivity index (χ1) is 11.6. The summed E-state index contributed by atoms with van der Waals surface area (Å²) in [6, 6.07) is 9.69. The van der Waals surface area contributed by atoms with Crippen LogP contribution in [-0.4, -0.2) is 38.3 Å². The molecule has 0 unspecified atom stereocenters. The van der Waals surface area contributed by atoms with Gasteiger partial charge in [-0.15, -0.1) is 0 Å². The van der Waals surface area contributed by atoms with E-state index < -0.39 is 0 Å². The van der Waals surface area contributed by atoms with Gasteiger partial charge in [-0.05, 0) is 12.5 Å². The van der Waals surface area contributed by atoms with E-state index >= 15 is 0 Å². The van der Waals surface area contributed by atoms with Gasteiger partial charge < -0.3 is 10.4 Å². The topological polar surface area (TPSA) is 70.4 Å². The first-order valence-corrected chi connectivity index (χ1v) is 8.30. The highest BCUT2D eigenvalue weighted by atomic mass is 16.3. The number of hydrogen-bond acceptors (Lipinski definition) is 4. The number of amides is 1. The lowest BCUT2D eigenvalue weighted by Gasteiger charge is -2.32. The molecule has 0 fully saturated rings. The summed E-state index contributed by atoms with van der Waals surface area (Å²) in [6.07, 6.45) is 0.842. The van der Waals surface area contributed by atoms with E-state index in [1.54, 1.807) is 0 Å². The fourth-order valence-electron chi connectivity index (χ4n) is 3.25. The van der Waals surface area contributed by atoms with E-state index in [1.807, 2.05) is 49.0 Å². The molecule has 1 amide bonds. The maximum atomic E-state index is 12.5. The summed E-state index contributed by atoms with van der Waals surface area (Å²) in [5.74, 6) is 0.0248. The van der Waals surface area contributed by atoms with Crippen LogP contribution in [0, 0.1) is 0 Å². The van der Waals surface area contributed by atoms with Gasteiger partial charge in [0.15, 0.2) is 0 Å². The van der Waals surface area contributed by atoms with E-state index in [-0.39, 0.29) is 18.6 Å². The lowest BCUT2D eigenvalue weighted by Crippen LogP contribution is -2.47. The molecule has 0 spiro atoms. The van der Waals surface area contributed by atoms with E-state index in [1.165, 1.54) is 0 Å². The van der Waals surface area contributed by atoms with Crippen molar-refractivity contribution < 1.29 is 9.90 Å². The van der Waals surface area contributed by atoms with Crippen molar-refractivity contribution in [1.29, 1.82) is 0 Å². The smallest absolute Gasteiger partial charge is 0.237 e. The Morgan fingerprint density at radius 3 is 2.83 bits per heavy atom. The molecule has 0 saturated heterocycles. The summed E-state index contributed by atoms with van der Waals surface area (Å²) < 4.78 is 1.85. The standard InChI is InChI=1S/C18H24N4O2/c1-13(18(24)19-10-14-6-4-3-5-7-14)22-9-8-17-15(11-22)16(12-23)20-21(17)2/h3-7,13,23H,8-12H2,1-2H3,(H,19,24)/t13-/m0/s1. The van der Waals surface area contributed by atoms with Crippen LogP contribution < -0.4 is 5.32 Å². The molecule has 1 aromatic heterocycles. The second kappa shape index (κ2) is 7.15. The maximum absolute atomic E-state index is 12.5. The van der Waals surface area contributed by atoms with Gasteiger partial charge in [0.05, 0.1) is 18.3 Å². The largest absolute Gasteiger partial charge is 0.390 e. The zero-order chi connectivity index (χ0) is 17.1. The molecule has 0 bridgehead atoms. The predicted molar refractivity (Wildman–Crippen MR) is 91.0 cm³/mol. The highest BCUT2D eigenvalue weighted by Crippen LogP contribution is 2.23. The SMILES string of the molecule is C[C@@H](C(=O)NCc1ccccc1)N1CCc2c(c(CO)nn2C)C1. The Labute approximate surface area is 142 Å². The van der Waals surface area contributed by atoms with Crippen LogP contribution in [0.25, 0.3) is 0 Å². The monoisotopic (exact) mass is 328 g/mol. The molecule has 1 aliphatic heterocycles. The minimum atomic E-state index is -0.214. The molecule has 128 valence electrons. The van der Waals surface area contributed by atoms with E-state index in [2.05, 4.69) is 15.3 Å². The van der Waals surface area contributed by atoms with E-state index in [9.17, 15) is 9.90 Å². The van der Waals surface area contributed by atoms with Gasteiger partial charge in [0.1, 0.15) is 0 Å². The van der Waals surface area contributed by atoms with Crippen LogP contribution in [0.2, 0.25) is 0 Å². The van der Waals surface area contributed by atoms with Gasteiger partial charge in [0.2, 0.25) is 5.91 Å². The van der Waals surface area contributed by atoms with Gasteiger partial charge in [-0.25, -0.2) is 0 Å². The number of rotatable bonds is 5. The average Bonchev–Trinajstić information content (AvgIpc) is 2.95. The molecule has 2 aromatic rings. The van der Waals surface area contributed by atoms with Crippen molar-refractivity contribution in [3.63, 3.8) is 0 Å². The molecule has 2 heterocycles. The molecule has 3 rings (SSSR count). The van der Waals surface area contributed by atoms with Gasteiger partial charge in [-0.2, -0.15) is 5.10 Å². The summed E-state index contributed by atoms with van der Waals surface area (Å²) >= 11 is 0. The molecule has 0 saturated carbocycles.